The Labute approximate surface area is 158 Å². The standard InChI is InChI=1S/C20H22ClN3O2/c1-14-4-2-3-5-17(14)20(26)24-12-10-23(11-13-24)18(19(22)25)15-6-8-16(21)9-7-15/h2-9,18H,10-13H2,1H3,(H2,22,25)/t18-/m0/s1. The van der Waals surface area contributed by atoms with Gasteiger partial charge in [0.1, 0.15) is 6.04 Å². The molecule has 2 aromatic rings. The number of rotatable bonds is 4. The Balaban J connectivity index is 1.70. The Bertz CT molecular complexity index is 799. The van der Waals surface area contributed by atoms with Crippen molar-refractivity contribution >= 4 is 23.4 Å². The molecule has 2 N–H and O–H groups in total. The topological polar surface area (TPSA) is 66.6 Å². The number of primary amides is 1. The van der Waals surface area contributed by atoms with Gasteiger partial charge < -0.3 is 10.6 Å². The minimum absolute atomic E-state index is 0.0323. The van der Waals surface area contributed by atoms with Gasteiger partial charge in [0.05, 0.1) is 0 Å². The van der Waals surface area contributed by atoms with Crippen LogP contribution in [0, 0.1) is 6.92 Å². The number of carbonyl (C=O) groups excluding carboxylic acids is 2. The first-order valence-corrected chi connectivity index (χ1v) is 8.99. The number of piperazine rings is 1. The van der Waals surface area contributed by atoms with Gasteiger partial charge in [-0.25, -0.2) is 0 Å². The van der Waals surface area contributed by atoms with E-state index in [-0.39, 0.29) is 5.91 Å². The highest BCUT2D eigenvalue weighted by Gasteiger charge is 2.30. The molecule has 1 aliphatic rings. The van der Waals surface area contributed by atoms with Gasteiger partial charge >= 0.3 is 0 Å². The Kier molecular flexibility index (Phi) is 5.59. The highest BCUT2D eigenvalue weighted by molar-refractivity contribution is 6.30. The van der Waals surface area contributed by atoms with Gasteiger partial charge in [0, 0.05) is 36.8 Å². The van der Waals surface area contributed by atoms with Crippen molar-refractivity contribution in [2.24, 2.45) is 5.73 Å². The molecule has 136 valence electrons. The largest absolute Gasteiger partial charge is 0.368 e. The summed E-state index contributed by atoms with van der Waals surface area (Å²) in [4.78, 5) is 28.6. The predicted octanol–water partition coefficient (Wildman–Crippen LogP) is 2.63. The van der Waals surface area contributed by atoms with E-state index in [2.05, 4.69) is 0 Å². The number of aryl methyl sites for hydroxylation is 1. The van der Waals surface area contributed by atoms with Crippen LogP contribution in [0.4, 0.5) is 0 Å². The summed E-state index contributed by atoms with van der Waals surface area (Å²) in [5.41, 5.74) is 8.16. The molecule has 6 heteroatoms. The van der Waals surface area contributed by atoms with Gasteiger partial charge in [-0.05, 0) is 36.2 Å². The average Bonchev–Trinajstić information content (AvgIpc) is 2.64. The van der Waals surface area contributed by atoms with Crippen LogP contribution < -0.4 is 5.73 Å². The molecule has 26 heavy (non-hydrogen) atoms. The molecule has 0 aromatic heterocycles. The molecule has 1 atom stereocenters. The summed E-state index contributed by atoms with van der Waals surface area (Å²) in [6.45, 7) is 4.24. The van der Waals surface area contributed by atoms with Crippen LogP contribution in [0.25, 0.3) is 0 Å². The van der Waals surface area contributed by atoms with Crippen LogP contribution in [0.5, 0.6) is 0 Å². The van der Waals surface area contributed by atoms with E-state index in [0.717, 1.165) is 16.7 Å². The molecule has 1 saturated heterocycles. The number of hydrogen-bond acceptors (Lipinski definition) is 3. The lowest BCUT2D eigenvalue weighted by Gasteiger charge is -2.38. The monoisotopic (exact) mass is 371 g/mol. The first kappa shape index (κ1) is 18.4. The van der Waals surface area contributed by atoms with Crippen LogP contribution in [-0.4, -0.2) is 47.8 Å². The number of benzene rings is 2. The molecular formula is C20H22ClN3O2. The van der Waals surface area contributed by atoms with Crippen LogP contribution in [-0.2, 0) is 4.79 Å². The molecule has 0 aliphatic carbocycles. The minimum atomic E-state index is -0.511. The van der Waals surface area contributed by atoms with E-state index in [4.69, 9.17) is 17.3 Å². The maximum absolute atomic E-state index is 12.7. The quantitative estimate of drug-likeness (QED) is 0.898. The molecular weight excluding hydrogens is 350 g/mol. The van der Waals surface area contributed by atoms with E-state index in [1.54, 1.807) is 12.1 Å². The van der Waals surface area contributed by atoms with Crippen molar-refractivity contribution in [3.05, 3.63) is 70.2 Å². The lowest BCUT2D eigenvalue weighted by atomic mass is 10.0. The normalized spacial score (nSPS) is 16.3. The third-order valence-electron chi connectivity index (χ3n) is 4.80. The average molecular weight is 372 g/mol. The zero-order valence-electron chi connectivity index (χ0n) is 14.7. The van der Waals surface area contributed by atoms with Crippen molar-refractivity contribution in [2.45, 2.75) is 13.0 Å². The fourth-order valence-electron chi connectivity index (χ4n) is 3.37. The lowest BCUT2D eigenvalue weighted by Crippen LogP contribution is -2.52. The smallest absolute Gasteiger partial charge is 0.254 e. The first-order valence-electron chi connectivity index (χ1n) is 8.61. The van der Waals surface area contributed by atoms with Crippen LogP contribution >= 0.6 is 11.6 Å². The van der Waals surface area contributed by atoms with Crippen LogP contribution in [0.3, 0.4) is 0 Å². The first-order chi connectivity index (χ1) is 12.5. The van der Waals surface area contributed by atoms with Crippen molar-refractivity contribution in [3.63, 3.8) is 0 Å². The summed E-state index contributed by atoms with van der Waals surface area (Å²) in [6, 6.07) is 14.2. The van der Waals surface area contributed by atoms with Gasteiger partial charge in [-0.3, -0.25) is 14.5 Å². The number of halogens is 1. The Morgan fingerprint density at radius 3 is 2.19 bits per heavy atom. The van der Waals surface area contributed by atoms with Crippen molar-refractivity contribution in [1.29, 1.82) is 0 Å². The fourth-order valence-corrected chi connectivity index (χ4v) is 3.49. The number of amides is 2. The van der Waals surface area contributed by atoms with E-state index in [9.17, 15) is 9.59 Å². The summed E-state index contributed by atoms with van der Waals surface area (Å²) in [7, 11) is 0. The predicted molar refractivity (Wildman–Crippen MR) is 102 cm³/mol. The molecule has 1 aliphatic heterocycles. The van der Waals surface area contributed by atoms with E-state index < -0.39 is 11.9 Å². The Morgan fingerprint density at radius 2 is 1.62 bits per heavy atom. The van der Waals surface area contributed by atoms with Gasteiger partial charge in [-0.2, -0.15) is 0 Å². The van der Waals surface area contributed by atoms with Gasteiger partial charge in [-0.1, -0.05) is 41.9 Å². The maximum Gasteiger partial charge on any atom is 0.254 e. The van der Waals surface area contributed by atoms with Crippen molar-refractivity contribution in [2.75, 3.05) is 26.2 Å². The van der Waals surface area contributed by atoms with Gasteiger partial charge in [0.2, 0.25) is 5.91 Å². The van der Waals surface area contributed by atoms with Crippen LogP contribution in [0.1, 0.15) is 27.5 Å². The molecule has 0 spiro atoms. The van der Waals surface area contributed by atoms with Crippen molar-refractivity contribution in [3.8, 4) is 0 Å². The van der Waals surface area contributed by atoms with Crippen molar-refractivity contribution in [1.82, 2.24) is 9.80 Å². The van der Waals surface area contributed by atoms with Crippen LogP contribution in [0.2, 0.25) is 5.02 Å². The third kappa shape index (κ3) is 3.89. The molecule has 0 saturated carbocycles. The summed E-state index contributed by atoms with van der Waals surface area (Å²) < 4.78 is 0. The summed E-state index contributed by atoms with van der Waals surface area (Å²) in [5.74, 6) is -0.365. The molecule has 1 heterocycles. The summed E-state index contributed by atoms with van der Waals surface area (Å²) >= 11 is 5.93. The number of hydrogen-bond donors (Lipinski definition) is 1. The van der Waals surface area contributed by atoms with E-state index in [0.29, 0.717) is 31.2 Å². The molecule has 0 bridgehead atoms. The van der Waals surface area contributed by atoms with Crippen LogP contribution in [0.15, 0.2) is 48.5 Å². The summed E-state index contributed by atoms with van der Waals surface area (Å²) in [5, 5.41) is 0.616. The number of carbonyl (C=O) groups is 2. The van der Waals surface area contributed by atoms with Gasteiger partial charge in [0.15, 0.2) is 0 Å². The molecule has 2 aromatic carbocycles. The highest BCUT2D eigenvalue weighted by atomic mass is 35.5. The SMILES string of the molecule is Cc1ccccc1C(=O)N1CCN([C@H](C(N)=O)c2ccc(Cl)cc2)CC1. The second-order valence-corrected chi connectivity index (χ2v) is 6.94. The van der Waals surface area contributed by atoms with Gasteiger partial charge in [-0.15, -0.1) is 0 Å². The third-order valence-corrected chi connectivity index (χ3v) is 5.05. The molecule has 0 unspecified atom stereocenters. The lowest BCUT2D eigenvalue weighted by molar-refractivity contribution is -0.124. The molecule has 1 fully saturated rings. The second kappa shape index (κ2) is 7.89. The Hall–Kier alpha value is -2.37. The van der Waals surface area contributed by atoms with Gasteiger partial charge in [0.25, 0.3) is 5.91 Å². The molecule has 2 amide bonds. The zero-order valence-corrected chi connectivity index (χ0v) is 15.4. The van der Waals surface area contributed by atoms with E-state index in [1.165, 1.54) is 0 Å². The number of nitrogens with zero attached hydrogens (tertiary/aromatic N) is 2. The van der Waals surface area contributed by atoms with E-state index >= 15 is 0 Å². The highest BCUT2D eigenvalue weighted by Crippen LogP contribution is 2.24. The fraction of sp³-hybridized carbons (Fsp3) is 0.300. The van der Waals surface area contributed by atoms with Crippen molar-refractivity contribution < 1.29 is 9.59 Å². The second-order valence-electron chi connectivity index (χ2n) is 6.50. The molecule has 3 rings (SSSR count). The summed E-state index contributed by atoms with van der Waals surface area (Å²) in [6.07, 6.45) is 0. The molecule has 5 nitrogen and oxygen atoms in total. The van der Waals surface area contributed by atoms with E-state index in [1.807, 2.05) is 53.1 Å². The number of nitrogens with two attached hydrogens (primary N) is 1. The molecule has 0 radical (unpaired) electrons. The zero-order chi connectivity index (χ0) is 18.7. The Morgan fingerprint density at radius 1 is 1.00 bits per heavy atom. The maximum atomic E-state index is 12.7. The minimum Gasteiger partial charge on any atom is -0.368 e.